The molecule has 210 valence electrons. The van der Waals surface area contributed by atoms with Crippen LogP contribution in [-0.4, -0.2) is 69.5 Å². The van der Waals surface area contributed by atoms with Crippen molar-refractivity contribution in [3.8, 4) is 0 Å². The number of hydrogen-bond acceptors (Lipinski definition) is 8. The summed E-state index contributed by atoms with van der Waals surface area (Å²) in [6, 6.07) is 0. The van der Waals surface area contributed by atoms with Gasteiger partial charge in [0.2, 0.25) is 0 Å². The Morgan fingerprint density at radius 1 is 1.27 bits per heavy atom. The zero-order valence-corrected chi connectivity index (χ0v) is 23.1. The normalized spacial score (nSPS) is 35.3. The van der Waals surface area contributed by atoms with Crippen molar-refractivity contribution in [1.29, 1.82) is 0 Å². The number of cyclic esters (lactones) is 1. The zero-order valence-electron chi connectivity index (χ0n) is 23.1. The highest BCUT2D eigenvalue weighted by molar-refractivity contribution is 5.70. The molecule has 37 heavy (non-hydrogen) atoms. The summed E-state index contributed by atoms with van der Waals surface area (Å²) in [4.78, 5) is 24.2. The van der Waals surface area contributed by atoms with Crippen molar-refractivity contribution in [2.24, 2.45) is 11.8 Å². The van der Waals surface area contributed by atoms with Gasteiger partial charge in [-0.15, -0.1) is 0 Å². The predicted octanol–water partition coefficient (Wildman–Crippen LogP) is 3.78. The Morgan fingerprint density at radius 2 is 1.95 bits per heavy atom. The molecule has 0 aliphatic carbocycles. The fraction of sp³-hybridized carbons (Fsp3) is 0.724. The molecule has 0 aromatic carbocycles. The monoisotopic (exact) mass is 522 g/mol. The quantitative estimate of drug-likeness (QED) is 0.181. The average Bonchev–Trinajstić information content (AvgIpc) is 3.53. The lowest BCUT2D eigenvalue weighted by Crippen LogP contribution is -2.42. The van der Waals surface area contributed by atoms with Gasteiger partial charge in [0.15, 0.2) is 0 Å². The third-order valence-electron chi connectivity index (χ3n) is 7.13. The van der Waals surface area contributed by atoms with Crippen LogP contribution in [0.4, 0.5) is 0 Å². The first-order valence-corrected chi connectivity index (χ1v) is 13.5. The number of rotatable bonds is 9. The molecule has 0 saturated carbocycles. The summed E-state index contributed by atoms with van der Waals surface area (Å²) in [7, 11) is 0. The van der Waals surface area contributed by atoms with Gasteiger partial charge in [-0.3, -0.25) is 9.59 Å². The molecule has 0 spiro atoms. The van der Waals surface area contributed by atoms with Gasteiger partial charge in [0.1, 0.15) is 17.8 Å². The van der Waals surface area contributed by atoms with Crippen LogP contribution in [0.2, 0.25) is 0 Å². The fourth-order valence-electron chi connectivity index (χ4n) is 4.60. The highest BCUT2D eigenvalue weighted by Crippen LogP contribution is 2.33. The Hall–Kier alpha value is -2.00. The number of carbonyl (C=O) groups is 2. The van der Waals surface area contributed by atoms with Gasteiger partial charge < -0.3 is 29.5 Å². The SMILES string of the molecule is CCC(O)CC1OC1CC(C)C=CC=C(C)C1OC(=O)CC(O)CCC(C)(O)C(OC(C)=O)C=CC1C. The number of hydrogen-bond donors (Lipinski definition) is 3. The Labute approximate surface area is 221 Å². The molecule has 9 atom stereocenters. The first-order valence-electron chi connectivity index (χ1n) is 13.5. The van der Waals surface area contributed by atoms with E-state index >= 15 is 0 Å². The van der Waals surface area contributed by atoms with Gasteiger partial charge in [-0.05, 0) is 57.1 Å². The second-order valence-corrected chi connectivity index (χ2v) is 11.0. The molecule has 8 heteroatoms. The number of carbonyl (C=O) groups excluding carboxylic acids is 2. The van der Waals surface area contributed by atoms with Crippen LogP contribution in [0.3, 0.4) is 0 Å². The van der Waals surface area contributed by atoms with Crippen LogP contribution in [-0.2, 0) is 23.8 Å². The van der Waals surface area contributed by atoms with Gasteiger partial charge in [-0.1, -0.05) is 45.1 Å². The molecule has 1 fully saturated rings. The molecule has 1 saturated heterocycles. The molecule has 0 aromatic heterocycles. The second-order valence-electron chi connectivity index (χ2n) is 11.0. The third-order valence-corrected chi connectivity index (χ3v) is 7.13. The first-order chi connectivity index (χ1) is 17.3. The van der Waals surface area contributed by atoms with E-state index in [-0.39, 0.29) is 49.4 Å². The van der Waals surface area contributed by atoms with Crippen LogP contribution in [0.25, 0.3) is 0 Å². The molecule has 2 aliphatic heterocycles. The Morgan fingerprint density at radius 3 is 2.59 bits per heavy atom. The smallest absolute Gasteiger partial charge is 0.309 e. The van der Waals surface area contributed by atoms with Gasteiger partial charge in [0.05, 0.1) is 30.8 Å². The van der Waals surface area contributed by atoms with Crippen LogP contribution < -0.4 is 0 Å². The van der Waals surface area contributed by atoms with Crippen molar-refractivity contribution >= 4 is 11.9 Å². The number of aliphatic hydroxyl groups is 3. The summed E-state index contributed by atoms with van der Waals surface area (Å²) in [5.74, 6) is -1.03. The van der Waals surface area contributed by atoms with E-state index in [1.54, 1.807) is 19.1 Å². The zero-order chi connectivity index (χ0) is 27.8. The summed E-state index contributed by atoms with van der Waals surface area (Å²) in [5.41, 5.74) is -0.577. The van der Waals surface area contributed by atoms with E-state index in [4.69, 9.17) is 14.2 Å². The highest BCUT2D eigenvalue weighted by Gasteiger charge is 2.40. The summed E-state index contributed by atoms with van der Waals surface area (Å²) in [6.45, 7) is 10.7. The molecular weight excluding hydrogens is 476 g/mol. The number of aliphatic hydroxyl groups excluding tert-OH is 2. The Bertz CT molecular complexity index is 845. The Balaban J connectivity index is 2.11. The summed E-state index contributed by atoms with van der Waals surface area (Å²) >= 11 is 0. The molecule has 0 radical (unpaired) electrons. The van der Waals surface area contributed by atoms with E-state index in [1.807, 2.05) is 32.9 Å². The van der Waals surface area contributed by atoms with Crippen LogP contribution in [0, 0.1) is 11.8 Å². The number of epoxide rings is 1. The van der Waals surface area contributed by atoms with E-state index in [1.165, 1.54) is 6.92 Å². The molecule has 2 heterocycles. The first kappa shape index (κ1) is 31.2. The third kappa shape index (κ3) is 10.7. The summed E-state index contributed by atoms with van der Waals surface area (Å²) < 4.78 is 16.8. The maximum atomic E-state index is 12.6. The van der Waals surface area contributed by atoms with Crippen molar-refractivity contribution < 1.29 is 39.1 Å². The minimum atomic E-state index is -1.40. The Kier molecular flexibility index (Phi) is 12.0. The molecule has 0 amide bonds. The predicted molar refractivity (Wildman–Crippen MR) is 140 cm³/mol. The largest absolute Gasteiger partial charge is 0.457 e. The number of ether oxygens (including phenoxy) is 3. The van der Waals surface area contributed by atoms with E-state index in [9.17, 15) is 24.9 Å². The van der Waals surface area contributed by atoms with Crippen molar-refractivity contribution in [2.45, 2.75) is 122 Å². The van der Waals surface area contributed by atoms with Crippen LogP contribution >= 0.6 is 0 Å². The topological polar surface area (TPSA) is 126 Å². The van der Waals surface area contributed by atoms with Crippen molar-refractivity contribution in [2.75, 3.05) is 0 Å². The lowest BCUT2D eigenvalue weighted by atomic mass is 9.88. The van der Waals surface area contributed by atoms with Crippen molar-refractivity contribution in [1.82, 2.24) is 0 Å². The van der Waals surface area contributed by atoms with Gasteiger partial charge in [-0.2, -0.15) is 0 Å². The molecule has 3 N–H and O–H groups in total. The lowest BCUT2D eigenvalue weighted by Gasteiger charge is -2.32. The van der Waals surface area contributed by atoms with E-state index in [0.29, 0.717) is 6.42 Å². The minimum absolute atomic E-state index is 0.137. The van der Waals surface area contributed by atoms with Crippen LogP contribution in [0.1, 0.15) is 80.1 Å². The summed E-state index contributed by atoms with van der Waals surface area (Å²) in [5, 5.41) is 31.0. The molecule has 9 unspecified atom stereocenters. The van der Waals surface area contributed by atoms with Crippen LogP contribution in [0.15, 0.2) is 36.0 Å². The minimum Gasteiger partial charge on any atom is -0.457 e. The standard InChI is InChI=1S/C29H46O8/c1-7-22(31)16-25-24(36-25)15-18(2)9-8-10-19(3)28-20(4)11-12-26(35-21(5)30)29(6,34)14-13-23(32)17-27(33)37-28/h8-12,18,20,22-26,28,31-32,34H,7,13-17H2,1-6H3. The lowest BCUT2D eigenvalue weighted by molar-refractivity contribution is -0.157. The van der Waals surface area contributed by atoms with E-state index in [0.717, 1.165) is 18.4 Å². The molecule has 0 aromatic rings. The number of allylic oxidation sites excluding steroid dienone is 3. The maximum absolute atomic E-state index is 12.6. The number of esters is 2. The summed E-state index contributed by atoms with van der Waals surface area (Å²) in [6.07, 6.45) is 9.29. The van der Waals surface area contributed by atoms with E-state index < -0.39 is 35.9 Å². The maximum Gasteiger partial charge on any atom is 0.309 e. The highest BCUT2D eigenvalue weighted by atomic mass is 16.6. The van der Waals surface area contributed by atoms with Gasteiger partial charge in [0.25, 0.3) is 0 Å². The fourth-order valence-corrected chi connectivity index (χ4v) is 4.60. The van der Waals surface area contributed by atoms with Crippen molar-refractivity contribution in [3.05, 3.63) is 36.0 Å². The van der Waals surface area contributed by atoms with E-state index in [2.05, 4.69) is 13.0 Å². The van der Waals surface area contributed by atoms with Crippen LogP contribution in [0.5, 0.6) is 0 Å². The molecular formula is C29H46O8. The molecule has 2 rings (SSSR count). The molecule has 0 bridgehead atoms. The second kappa shape index (κ2) is 14.2. The average molecular weight is 523 g/mol. The van der Waals surface area contributed by atoms with Gasteiger partial charge in [0, 0.05) is 19.3 Å². The van der Waals surface area contributed by atoms with Crippen molar-refractivity contribution in [3.63, 3.8) is 0 Å². The molecule has 8 nitrogen and oxygen atoms in total. The van der Waals surface area contributed by atoms with Gasteiger partial charge in [-0.25, -0.2) is 0 Å². The van der Waals surface area contributed by atoms with Gasteiger partial charge >= 0.3 is 11.9 Å². The molecule has 2 aliphatic rings.